The summed E-state index contributed by atoms with van der Waals surface area (Å²) < 4.78 is 23.0. The fraction of sp³-hybridized carbons (Fsp3) is 0.455. The molecule has 3 atom stereocenters. The molecule has 1 aliphatic carbocycles. The van der Waals surface area contributed by atoms with Crippen molar-refractivity contribution in [3.05, 3.63) is 47.5 Å². The van der Waals surface area contributed by atoms with E-state index in [4.69, 9.17) is 18.9 Å². The molecular formula is C22H29O4P. The van der Waals surface area contributed by atoms with E-state index >= 15 is 0 Å². The second-order valence-electron chi connectivity index (χ2n) is 6.95. The molecule has 0 radical (unpaired) electrons. The lowest BCUT2D eigenvalue weighted by Gasteiger charge is -2.43. The quantitative estimate of drug-likeness (QED) is 0.642. The van der Waals surface area contributed by atoms with Gasteiger partial charge in [0, 0.05) is 22.2 Å². The molecule has 0 aliphatic heterocycles. The van der Waals surface area contributed by atoms with Crippen LogP contribution in [-0.4, -0.2) is 28.4 Å². The van der Waals surface area contributed by atoms with Crippen LogP contribution < -0.4 is 18.9 Å². The van der Waals surface area contributed by atoms with Crippen LogP contribution in [-0.2, 0) is 5.16 Å². The van der Waals surface area contributed by atoms with Gasteiger partial charge >= 0.3 is 0 Å². The van der Waals surface area contributed by atoms with Crippen LogP contribution in [0.15, 0.2) is 36.4 Å². The van der Waals surface area contributed by atoms with Crippen LogP contribution >= 0.6 is 9.24 Å². The van der Waals surface area contributed by atoms with Gasteiger partial charge in [-0.2, -0.15) is 0 Å². The zero-order valence-corrected chi connectivity index (χ0v) is 17.7. The SMILES string of the molecule is COc1cccc(OC)c1C1CCCCC1(P)c1c(OC)cccc1OC. The summed E-state index contributed by atoms with van der Waals surface area (Å²) in [5.41, 5.74) is 2.21. The smallest absolute Gasteiger partial charge is 0.126 e. The summed E-state index contributed by atoms with van der Waals surface area (Å²) in [5, 5.41) is -0.238. The second-order valence-corrected chi connectivity index (χ2v) is 7.98. The van der Waals surface area contributed by atoms with Crippen molar-refractivity contribution in [1.29, 1.82) is 0 Å². The maximum Gasteiger partial charge on any atom is 0.126 e. The molecule has 4 nitrogen and oxygen atoms in total. The molecule has 1 fully saturated rings. The summed E-state index contributed by atoms with van der Waals surface area (Å²) in [5.74, 6) is 3.63. The van der Waals surface area contributed by atoms with E-state index in [1.165, 1.54) is 6.42 Å². The highest BCUT2D eigenvalue weighted by atomic mass is 31.0. The lowest BCUT2D eigenvalue weighted by molar-refractivity contribution is 0.299. The first-order valence-corrected chi connectivity index (χ1v) is 9.89. The van der Waals surface area contributed by atoms with Crippen LogP contribution in [0.25, 0.3) is 0 Å². The van der Waals surface area contributed by atoms with Crippen molar-refractivity contribution in [2.24, 2.45) is 0 Å². The molecule has 0 spiro atoms. The van der Waals surface area contributed by atoms with Crippen LogP contribution in [0, 0.1) is 0 Å². The largest absolute Gasteiger partial charge is 0.496 e. The number of benzene rings is 2. The molecule has 1 aliphatic rings. The monoisotopic (exact) mass is 388 g/mol. The van der Waals surface area contributed by atoms with Gasteiger partial charge in [0.05, 0.1) is 28.4 Å². The molecule has 0 aromatic heterocycles. The highest BCUT2D eigenvalue weighted by Gasteiger charge is 2.45. The third-order valence-corrected chi connectivity index (χ3v) is 6.64. The lowest BCUT2D eigenvalue weighted by atomic mass is 9.70. The minimum atomic E-state index is -0.238. The van der Waals surface area contributed by atoms with Gasteiger partial charge in [0.1, 0.15) is 23.0 Å². The third-order valence-electron chi connectivity index (χ3n) is 5.66. The Morgan fingerprint density at radius 1 is 0.778 bits per heavy atom. The number of hydrogen-bond acceptors (Lipinski definition) is 4. The lowest BCUT2D eigenvalue weighted by Crippen LogP contribution is -2.32. The fourth-order valence-corrected chi connectivity index (χ4v) is 5.25. The number of methoxy groups -OCH3 is 4. The molecule has 2 aromatic rings. The molecule has 2 aromatic carbocycles. The van der Waals surface area contributed by atoms with E-state index in [2.05, 4.69) is 9.24 Å². The Kier molecular flexibility index (Phi) is 6.16. The molecule has 27 heavy (non-hydrogen) atoms. The first-order chi connectivity index (χ1) is 13.1. The molecule has 146 valence electrons. The Hall–Kier alpha value is -1.93. The number of ether oxygens (including phenoxy) is 4. The number of hydrogen-bond donors (Lipinski definition) is 0. The predicted molar refractivity (Wildman–Crippen MR) is 112 cm³/mol. The van der Waals surface area contributed by atoms with Crippen LogP contribution in [0.4, 0.5) is 0 Å². The highest BCUT2D eigenvalue weighted by molar-refractivity contribution is 7.18. The van der Waals surface area contributed by atoms with E-state index < -0.39 is 0 Å². The van der Waals surface area contributed by atoms with Crippen LogP contribution in [0.5, 0.6) is 23.0 Å². The average molecular weight is 388 g/mol. The molecule has 5 heteroatoms. The normalized spacial score (nSPS) is 22.2. The molecule has 3 unspecified atom stereocenters. The molecule has 0 saturated heterocycles. The first kappa shape index (κ1) is 19.8. The Balaban J connectivity index is 2.24. The summed E-state index contributed by atoms with van der Waals surface area (Å²) in [7, 11) is 10.0. The van der Waals surface area contributed by atoms with Gasteiger partial charge in [-0.25, -0.2) is 0 Å². The zero-order chi connectivity index (χ0) is 19.4. The second kappa shape index (κ2) is 8.39. The fourth-order valence-electron chi connectivity index (χ4n) is 4.43. The summed E-state index contributed by atoms with van der Waals surface area (Å²) in [6, 6.07) is 12.0. The van der Waals surface area contributed by atoms with Crippen LogP contribution in [0.2, 0.25) is 0 Å². The van der Waals surface area contributed by atoms with Gasteiger partial charge in [0.15, 0.2) is 0 Å². The van der Waals surface area contributed by atoms with Crippen molar-refractivity contribution in [3.63, 3.8) is 0 Å². The standard InChI is InChI=1S/C22H29O4P/c1-23-16-10-7-11-17(24-2)20(16)15-9-5-6-14-22(15,27)21-18(25-3)12-8-13-19(21)26-4/h7-8,10-13,15H,5-6,9,14,27H2,1-4H3. The maximum absolute atomic E-state index is 5.75. The number of rotatable bonds is 6. The summed E-state index contributed by atoms with van der Waals surface area (Å²) in [6.07, 6.45) is 4.37. The van der Waals surface area contributed by atoms with Gasteiger partial charge < -0.3 is 18.9 Å². The van der Waals surface area contributed by atoms with Gasteiger partial charge in [-0.1, -0.05) is 25.0 Å². The molecule has 0 amide bonds. The van der Waals surface area contributed by atoms with Crippen LogP contribution in [0.3, 0.4) is 0 Å². The minimum Gasteiger partial charge on any atom is -0.496 e. The predicted octanol–water partition coefficient (Wildman–Crippen LogP) is 5.15. The Labute approximate surface area is 164 Å². The molecule has 1 saturated carbocycles. The van der Waals surface area contributed by atoms with Crippen molar-refractivity contribution >= 4 is 9.24 Å². The summed E-state index contributed by atoms with van der Waals surface area (Å²) in [4.78, 5) is 0. The first-order valence-electron chi connectivity index (χ1n) is 9.32. The Morgan fingerprint density at radius 2 is 1.26 bits per heavy atom. The van der Waals surface area contributed by atoms with Gasteiger partial charge in [0.25, 0.3) is 0 Å². The van der Waals surface area contributed by atoms with Gasteiger partial charge in [-0.3, -0.25) is 0 Å². The van der Waals surface area contributed by atoms with E-state index in [1.807, 2.05) is 36.4 Å². The third kappa shape index (κ3) is 3.48. The molecule has 0 bridgehead atoms. The van der Waals surface area contributed by atoms with Crippen molar-refractivity contribution in [3.8, 4) is 23.0 Å². The Bertz CT molecular complexity index is 747. The summed E-state index contributed by atoms with van der Waals surface area (Å²) >= 11 is 0. The zero-order valence-electron chi connectivity index (χ0n) is 16.6. The Morgan fingerprint density at radius 3 is 1.74 bits per heavy atom. The van der Waals surface area contributed by atoms with Gasteiger partial charge in [-0.15, -0.1) is 9.24 Å². The van der Waals surface area contributed by atoms with E-state index in [9.17, 15) is 0 Å². The van der Waals surface area contributed by atoms with E-state index in [0.717, 1.165) is 53.4 Å². The molecule has 3 rings (SSSR count). The van der Waals surface area contributed by atoms with Crippen molar-refractivity contribution < 1.29 is 18.9 Å². The maximum atomic E-state index is 5.75. The van der Waals surface area contributed by atoms with E-state index in [1.54, 1.807) is 28.4 Å². The molecular weight excluding hydrogens is 359 g/mol. The topological polar surface area (TPSA) is 36.9 Å². The summed E-state index contributed by atoms with van der Waals surface area (Å²) in [6.45, 7) is 0. The molecule has 0 N–H and O–H groups in total. The minimum absolute atomic E-state index is 0.201. The van der Waals surface area contributed by atoms with Crippen molar-refractivity contribution in [2.75, 3.05) is 28.4 Å². The van der Waals surface area contributed by atoms with Gasteiger partial charge in [-0.05, 0) is 37.1 Å². The average Bonchev–Trinajstić information content (AvgIpc) is 2.72. The van der Waals surface area contributed by atoms with Crippen LogP contribution in [0.1, 0.15) is 42.7 Å². The van der Waals surface area contributed by atoms with E-state index in [0.29, 0.717) is 0 Å². The highest BCUT2D eigenvalue weighted by Crippen LogP contribution is 2.60. The van der Waals surface area contributed by atoms with Crippen molar-refractivity contribution in [2.45, 2.75) is 36.8 Å². The molecule has 0 heterocycles. The van der Waals surface area contributed by atoms with Crippen molar-refractivity contribution in [1.82, 2.24) is 0 Å². The van der Waals surface area contributed by atoms with Gasteiger partial charge in [0.2, 0.25) is 0 Å². The van der Waals surface area contributed by atoms with E-state index in [-0.39, 0.29) is 11.1 Å².